The molecule has 26 heavy (non-hydrogen) atoms. The Morgan fingerprint density at radius 1 is 1.12 bits per heavy atom. The third-order valence-corrected chi connectivity index (χ3v) is 6.04. The van der Waals surface area contributed by atoms with Crippen molar-refractivity contribution in [2.24, 2.45) is 0 Å². The molecule has 0 saturated heterocycles. The van der Waals surface area contributed by atoms with Crippen molar-refractivity contribution >= 4 is 27.5 Å². The summed E-state index contributed by atoms with van der Waals surface area (Å²) in [5, 5.41) is 0.600. The quantitative estimate of drug-likeness (QED) is 0.783. The third kappa shape index (κ3) is 5.30. The fourth-order valence-corrected chi connectivity index (χ4v) is 3.73. The van der Waals surface area contributed by atoms with E-state index in [-0.39, 0.29) is 23.8 Å². The first-order chi connectivity index (χ1) is 12.2. The van der Waals surface area contributed by atoms with E-state index >= 15 is 0 Å². The summed E-state index contributed by atoms with van der Waals surface area (Å²) in [4.78, 5) is 14.0. The molecule has 2 aromatic rings. The fourth-order valence-electron chi connectivity index (χ4n) is 2.42. The molecule has 0 bridgehead atoms. The maximum absolute atomic E-state index is 12.3. The fraction of sp³-hybridized carbons (Fsp3) is 0.316. The molecular formula is C19H23ClN2O3S. The highest BCUT2D eigenvalue weighted by Gasteiger charge is 2.16. The number of nitrogens with zero attached hydrogens (tertiary/aromatic N) is 1. The minimum atomic E-state index is -3.63. The molecule has 0 saturated carbocycles. The van der Waals surface area contributed by atoms with Crippen molar-refractivity contribution in [3.8, 4) is 0 Å². The van der Waals surface area contributed by atoms with Crippen LogP contribution >= 0.6 is 11.6 Å². The lowest BCUT2D eigenvalue weighted by Gasteiger charge is -2.18. The molecule has 0 aliphatic rings. The van der Waals surface area contributed by atoms with E-state index in [4.69, 9.17) is 11.6 Å². The summed E-state index contributed by atoms with van der Waals surface area (Å²) >= 11 is 6.10. The number of halogens is 1. The van der Waals surface area contributed by atoms with Gasteiger partial charge in [0.05, 0.1) is 4.90 Å². The average Bonchev–Trinajstić information content (AvgIpc) is 2.59. The van der Waals surface area contributed by atoms with Crippen molar-refractivity contribution in [3.63, 3.8) is 0 Å². The Bertz CT molecular complexity index is 897. The second kappa shape index (κ2) is 8.66. The van der Waals surface area contributed by atoms with E-state index in [1.165, 1.54) is 4.90 Å². The van der Waals surface area contributed by atoms with Crippen molar-refractivity contribution in [2.75, 3.05) is 13.6 Å². The lowest BCUT2D eigenvalue weighted by molar-refractivity contribution is -0.130. The summed E-state index contributed by atoms with van der Waals surface area (Å²) in [5.41, 5.74) is 2.78. The van der Waals surface area contributed by atoms with Crippen LogP contribution in [0.1, 0.15) is 23.1 Å². The predicted molar refractivity (Wildman–Crippen MR) is 104 cm³/mol. The Morgan fingerprint density at radius 3 is 2.46 bits per heavy atom. The lowest BCUT2D eigenvalue weighted by Crippen LogP contribution is -2.32. The van der Waals surface area contributed by atoms with Gasteiger partial charge in [-0.25, -0.2) is 13.1 Å². The van der Waals surface area contributed by atoms with E-state index in [9.17, 15) is 13.2 Å². The average molecular weight is 395 g/mol. The molecule has 5 nitrogen and oxygen atoms in total. The number of rotatable bonds is 7. The monoisotopic (exact) mass is 394 g/mol. The Balaban J connectivity index is 1.90. The van der Waals surface area contributed by atoms with Crippen molar-refractivity contribution in [1.82, 2.24) is 9.62 Å². The van der Waals surface area contributed by atoms with Crippen LogP contribution in [0.4, 0.5) is 0 Å². The summed E-state index contributed by atoms with van der Waals surface area (Å²) in [6.07, 6.45) is 0.0744. The number of hydrogen-bond acceptors (Lipinski definition) is 3. The zero-order chi connectivity index (χ0) is 19.3. The summed E-state index contributed by atoms with van der Waals surface area (Å²) in [6.45, 7) is 4.21. The normalized spacial score (nSPS) is 11.4. The van der Waals surface area contributed by atoms with E-state index in [0.29, 0.717) is 11.6 Å². The minimum absolute atomic E-state index is 0.0426. The van der Waals surface area contributed by atoms with Crippen molar-refractivity contribution in [3.05, 3.63) is 64.2 Å². The predicted octanol–water partition coefficient (Wildman–Crippen LogP) is 3.28. The Hall–Kier alpha value is -1.89. The minimum Gasteiger partial charge on any atom is -0.341 e. The molecule has 2 aromatic carbocycles. The molecule has 0 unspecified atom stereocenters. The molecule has 0 fully saturated rings. The molecule has 0 atom stereocenters. The van der Waals surface area contributed by atoms with Crippen LogP contribution in [0.25, 0.3) is 0 Å². The standard InChI is InChI=1S/C19H23ClN2O3S/c1-14-8-9-17(12-15(14)2)26(24,25)21-11-10-19(23)22(3)13-16-6-4-5-7-18(16)20/h4-9,12,21H,10-11,13H2,1-3H3. The number of carbonyl (C=O) groups is 1. The van der Waals surface area contributed by atoms with Gasteiger partial charge in [-0.3, -0.25) is 4.79 Å². The molecule has 0 aliphatic carbocycles. The highest BCUT2D eigenvalue weighted by atomic mass is 35.5. The largest absolute Gasteiger partial charge is 0.341 e. The molecular weight excluding hydrogens is 372 g/mol. The zero-order valence-corrected chi connectivity index (χ0v) is 16.7. The number of amides is 1. The van der Waals surface area contributed by atoms with Gasteiger partial charge in [0.1, 0.15) is 0 Å². The molecule has 140 valence electrons. The van der Waals surface area contributed by atoms with Gasteiger partial charge in [0.2, 0.25) is 15.9 Å². The summed E-state index contributed by atoms with van der Waals surface area (Å²) in [6, 6.07) is 12.3. The van der Waals surface area contributed by atoms with Crippen LogP contribution in [0.15, 0.2) is 47.4 Å². The number of benzene rings is 2. The van der Waals surface area contributed by atoms with Gasteiger partial charge < -0.3 is 4.90 Å². The Labute approximate surface area is 160 Å². The Kier molecular flexibility index (Phi) is 6.81. The van der Waals surface area contributed by atoms with E-state index in [1.807, 2.05) is 32.0 Å². The van der Waals surface area contributed by atoms with Crippen LogP contribution in [-0.2, 0) is 21.4 Å². The van der Waals surface area contributed by atoms with Crippen molar-refractivity contribution in [1.29, 1.82) is 0 Å². The van der Waals surface area contributed by atoms with Gasteiger partial charge in [0.25, 0.3) is 0 Å². The number of aryl methyl sites for hydroxylation is 2. The van der Waals surface area contributed by atoms with Gasteiger partial charge in [-0.1, -0.05) is 35.9 Å². The zero-order valence-electron chi connectivity index (χ0n) is 15.1. The van der Waals surface area contributed by atoms with Gasteiger partial charge in [-0.2, -0.15) is 0 Å². The van der Waals surface area contributed by atoms with Crippen LogP contribution in [0.5, 0.6) is 0 Å². The van der Waals surface area contributed by atoms with Crippen LogP contribution in [-0.4, -0.2) is 32.8 Å². The first-order valence-corrected chi connectivity index (χ1v) is 10.1. The number of nitrogens with one attached hydrogen (secondary N) is 1. The van der Waals surface area contributed by atoms with Gasteiger partial charge in [-0.05, 0) is 48.7 Å². The smallest absolute Gasteiger partial charge is 0.240 e. The molecule has 1 amide bonds. The molecule has 2 rings (SSSR count). The molecule has 1 N–H and O–H groups in total. The van der Waals surface area contributed by atoms with Gasteiger partial charge in [-0.15, -0.1) is 0 Å². The van der Waals surface area contributed by atoms with Crippen molar-refractivity contribution in [2.45, 2.75) is 31.7 Å². The van der Waals surface area contributed by atoms with Crippen LogP contribution in [0.3, 0.4) is 0 Å². The summed E-state index contributed by atoms with van der Waals surface area (Å²) in [7, 11) is -1.96. The molecule has 0 spiro atoms. The van der Waals surface area contributed by atoms with Crippen molar-refractivity contribution < 1.29 is 13.2 Å². The van der Waals surface area contributed by atoms with E-state index in [0.717, 1.165) is 16.7 Å². The first-order valence-electron chi connectivity index (χ1n) is 8.25. The van der Waals surface area contributed by atoms with Crippen LogP contribution in [0, 0.1) is 13.8 Å². The van der Waals surface area contributed by atoms with E-state index < -0.39 is 10.0 Å². The molecule has 7 heteroatoms. The second-order valence-corrected chi connectivity index (χ2v) is 8.41. The van der Waals surface area contributed by atoms with Crippen LogP contribution < -0.4 is 4.72 Å². The molecule has 0 aromatic heterocycles. The SMILES string of the molecule is Cc1ccc(S(=O)(=O)NCCC(=O)N(C)Cc2ccccc2Cl)cc1C. The number of sulfonamides is 1. The maximum Gasteiger partial charge on any atom is 0.240 e. The lowest BCUT2D eigenvalue weighted by atomic mass is 10.1. The Morgan fingerprint density at radius 2 is 1.81 bits per heavy atom. The van der Waals surface area contributed by atoms with Crippen LogP contribution in [0.2, 0.25) is 5.02 Å². The molecule has 0 heterocycles. The highest BCUT2D eigenvalue weighted by Crippen LogP contribution is 2.17. The maximum atomic E-state index is 12.3. The van der Waals surface area contributed by atoms with Gasteiger partial charge >= 0.3 is 0 Å². The molecule has 0 aliphatic heterocycles. The third-order valence-electron chi connectivity index (χ3n) is 4.21. The number of hydrogen-bond donors (Lipinski definition) is 1. The number of carbonyl (C=O) groups excluding carboxylic acids is 1. The molecule has 0 radical (unpaired) electrons. The topological polar surface area (TPSA) is 66.5 Å². The van der Waals surface area contributed by atoms with E-state index in [2.05, 4.69) is 4.72 Å². The summed E-state index contributed by atoms with van der Waals surface area (Å²) in [5.74, 6) is -0.160. The first kappa shape index (κ1) is 20.4. The van der Waals surface area contributed by atoms with Gasteiger partial charge in [0.15, 0.2) is 0 Å². The summed E-state index contributed by atoms with van der Waals surface area (Å²) < 4.78 is 27.1. The van der Waals surface area contributed by atoms with E-state index in [1.54, 1.807) is 31.3 Å². The van der Waals surface area contributed by atoms with Gasteiger partial charge in [0, 0.05) is 31.6 Å². The highest BCUT2D eigenvalue weighted by molar-refractivity contribution is 7.89. The second-order valence-electron chi connectivity index (χ2n) is 6.24.